The molecule has 3 aromatic heterocycles. The van der Waals surface area contributed by atoms with E-state index in [0.717, 1.165) is 58.0 Å². The Kier molecular flexibility index (Phi) is 6.82. The maximum atomic E-state index is 11.6. The zero-order valence-corrected chi connectivity index (χ0v) is 22.0. The molecule has 0 bridgehead atoms. The molecular formula is C24H28N8O2S2. The van der Waals surface area contributed by atoms with E-state index in [0.29, 0.717) is 11.6 Å². The fourth-order valence-electron chi connectivity index (χ4n) is 4.45. The summed E-state index contributed by atoms with van der Waals surface area (Å²) in [6, 6.07) is 8.23. The first-order valence-electron chi connectivity index (χ1n) is 11.7. The minimum absolute atomic E-state index is 0.0282. The number of hydrogen-bond donors (Lipinski definition) is 2. The number of hydrogen-bond acceptors (Lipinski definition) is 9. The second-order valence-electron chi connectivity index (χ2n) is 9.15. The molecule has 1 aliphatic carbocycles. The van der Waals surface area contributed by atoms with Gasteiger partial charge < -0.3 is 5.32 Å². The summed E-state index contributed by atoms with van der Waals surface area (Å²) in [5.74, 6) is 1.32. The van der Waals surface area contributed by atoms with Crippen LogP contribution in [0.4, 0.5) is 5.82 Å². The van der Waals surface area contributed by atoms with Gasteiger partial charge >= 0.3 is 0 Å². The number of nitrogens with zero attached hydrogens (tertiary/aromatic N) is 6. The molecule has 0 atom stereocenters. The highest BCUT2D eigenvalue weighted by molar-refractivity contribution is 7.88. The number of aryl methyl sites for hydroxylation is 2. The number of anilines is 1. The molecule has 1 aliphatic rings. The number of aromatic nitrogens is 6. The lowest BCUT2D eigenvalue weighted by Gasteiger charge is -2.29. The van der Waals surface area contributed by atoms with Crippen LogP contribution in [-0.2, 0) is 17.1 Å². The van der Waals surface area contributed by atoms with Crippen LogP contribution in [-0.4, -0.2) is 56.7 Å². The van der Waals surface area contributed by atoms with Crippen molar-refractivity contribution in [3.8, 4) is 33.1 Å². The first-order chi connectivity index (χ1) is 17.2. The zero-order valence-electron chi connectivity index (χ0n) is 20.3. The van der Waals surface area contributed by atoms with Gasteiger partial charge in [0.2, 0.25) is 10.0 Å². The van der Waals surface area contributed by atoms with Crippen molar-refractivity contribution < 1.29 is 8.42 Å². The average molecular weight is 525 g/mol. The van der Waals surface area contributed by atoms with Gasteiger partial charge in [0.25, 0.3) is 0 Å². The van der Waals surface area contributed by atoms with Crippen molar-refractivity contribution in [1.29, 1.82) is 0 Å². The predicted octanol–water partition coefficient (Wildman–Crippen LogP) is 3.64. The third-order valence-electron chi connectivity index (χ3n) is 6.15. The van der Waals surface area contributed by atoms with Gasteiger partial charge in [0.05, 0.1) is 18.0 Å². The van der Waals surface area contributed by atoms with Crippen molar-refractivity contribution in [2.45, 2.75) is 44.7 Å². The van der Waals surface area contributed by atoms with Gasteiger partial charge in [0.15, 0.2) is 10.8 Å². The molecular weight excluding hydrogens is 496 g/mol. The maximum Gasteiger partial charge on any atom is 0.208 e. The highest BCUT2D eigenvalue weighted by Gasteiger charge is 2.25. The maximum absolute atomic E-state index is 11.6. The smallest absolute Gasteiger partial charge is 0.208 e. The van der Waals surface area contributed by atoms with Gasteiger partial charge in [-0.25, -0.2) is 23.1 Å². The van der Waals surface area contributed by atoms with Crippen molar-refractivity contribution in [2.24, 2.45) is 7.05 Å². The third kappa shape index (κ3) is 5.77. The molecule has 1 saturated carbocycles. The first-order valence-corrected chi connectivity index (χ1v) is 14.4. The van der Waals surface area contributed by atoms with Crippen molar-refractivity contribution >= 4 is 27.2 Å². The molecule has 12 heteroatoms. The molecule has 0 saturated heterocycles. The summed E-state index contributed by atoms with van der Waals surface area (Å²) < 4.78 is 27.7. The molecule has 3 heterocycles. The van der Waals surface area contributed by atoms with Crippen molar-refractivity contribution in [3.63, 3.8) is 0 Å². The molecule has 1 aromatic carbocycles. The Morgan fingerprint density at radius 2 is 1.78 bits per heavy atom. The topological polar surface area (TPSA) is 128 Å². The standard InChI is InChI=1S/C24H28N8O2S2/c1-15-29-30-24(35-15)21-13-25-22(17-6-4-5-16(11-17)18-12-26-32(2)14-18)28-23(21)27-19-7-9-20(10-8-19)31-36(3,33)34/h4-6,11-14,19-20,31H,7-10H2,1-3H3,(H,25,27,28). The van der Waals surface area contributed by atoms with Gasteiger partial charge in [0, 0.05) is 42.7 Å². The molecule has 0 radical (unpaired) electrons. The molecule has 0 amide bonds. The lowest BCUT2D eigenvalue weighted by molar-refractivity contribution is 0.387. The monoisotopic (exact) mass is 524 g/mol. The van der Waals surface area contributed by atoms with Crippen LogP contribution >= 0.6 is 11.3 Å². The van der Waals surface area contributed by atoms with Crippen LogP contribution in [0.3, 0.4) is 0 Å². The largest absolute Gasteiger partial charge is 0.367 e. The fourth-order valence-corrected chi connectivity index (χ4v) is 6.00. The number of rotatable bonds is 7. The van der Waals surface area contributed by atoms with Gasteiger partial charge in [-0.2, -0.15) is 5.10 Å². The molecule has 4 aromatic rings. The average Bonchev–Trinajstić information content (AvgIpc) is 3.48. The Balaban J connectivity index is 1.43. The Hall–Kier alpha value is -3.22. The van der Waals surface area contributed by atoms with Crippen molar-refractivity contribution in [2.75, 3.05) is 11.6 Å². The Morgan fingerprint density at radius 3 is 2.44 bits per heavy atom. The molecule has 0 spiro atoms. The van der Waals surface area contributed by atoms with Crippen LogP contribution in [0, 0.1) is 6.92 Å². The molecule has 36 heavy (non-hydrogen) atoms. The normalized spacial score (nSPS) is 18.3. The molecule has 2 N–H and O–H groups in total. The van der Waals surface area contributed by atoms with E-state index < -0.39 is 10.0 Å². The molecule has 1 fully saturated rings. The van der Waals surface area contributed by atoms with Gasteiger partial charge in [-0.3, -0.25) is 4.68 Å². The Morgan fingerprint density at radius 1 is 1.03 bits per heavy atom. The van der Waals surface area contributed by atoms with Gasteiger partial charge in [0.1, 0.15) is 10.8 Å². The summed E-state index contributed by atoms with van der Waals surface area (Å²) >= 11 is 1.50. The third-order valence-corrected chi connectivity index (χ3v) is 7.79. The number of benzene rings is 1. The van der Waals surface area contributed by atoms with Crippen molar-refractivity contribution in [3.05, 3.63) is 47.9 Å². The van der Waals surface area contributed by atoms with E-state index in [1.54, 1.807) is 10.9 Å². The number of sulfonamides is 1. The van der Waals surface area contributed by atoms with E-state index in [1.807, 2.05) is 44.6 Å². The Bertz CT molecular complexity index is 1470. The summed E-state index contributed by atoms with van der Waals surface area (Å²) in [7, 11) is -1.31. The van der Waals surface area contributed by atoms with E-state index in [2.05, 4.69) is 36.4 Å². The van der Waals surface area contributed by atoms with Gasteiger partial charge in [-0.05, 0) is 44.2 Å². The van der Waals surface area contributed by atoms with E-state index in [4.69, 9.17) is 4.98 Å². The van der Waals surface area contributed by atoms with E-state index in [1.165, 1.54) is 17.6 Å². The highest BCUT2D eigenvalue weighted by Crippen LogP contribution is 2.33. The van der Waals surface area contributed by atoms with Crippen LogP contribution in [0.5, 0.6) is 0 Å². The molecule has 5 rings (SSSR count). The van der Waals surface area contributed by atoms with E-state index >= 15 is 0 Å². The summed E-state index contributed by atoms with van der Waals surface area (Å²) in [5.41, 5.74) is 3.78. The summed E-state index contributed by atoms with van der Waals surface area (Å²) in [6.45, 7) is 1.92. The van der Waals surface area contributed by atoms with Crippen LogP contribution in [0.15, 0.2) is 42.9 Å². The molecule has 188 valence electrons. The fraction of sp³-hybridized carbons (Fsp3) is 0.375. The quantitative estimate of drug-likeness (QED) is 0.375. The molecule has 0 unspecified atom stereocenters. The minimum Gasteiger partial charge on any atom is -0.367 e. The number of nitrogens with one attached hydrogen (secondary N) is 2. The summed E-state index contributed by atoms with van der Waals surface area (Å²) in [5, 5.41) is 18.0. The lowest BCUT2D eigenvalue weighted by atomic mass is 9.92. The van der Waals surface area contributed by atoms with Crippen LogP contribution in [0.2, 0.25) is 0 Å². The van der Waals surface area contributed by atoms with E-state index in [9.17, 15) is 8.42 Å². The minimum atomic E-state index is -3.21. The summed E-state index contributed by atoms with van der Waals surface area (Å²) in [6.07, 6.45) is 10.0. The molecule has 10 nitrogen and oxygen atoms in total. The SMILES string of the molecule is Cc1nnc(-c2cnc(-c3cccc(-c4cnn(C)c4)c3)nc2NC2CCC(NS(C)(=O)=O)CC2)s1. The highest BCUT2D eigenvalue weighted by atomic mass is 32.2. The Labute approximate surface area is 214 Å². The molecule has 0 aliphatic heterocycles. The van der Waals surface area contributed by atoms with Gasteiger partial charge in [-0.1, -0.05) is 29.5 Å². The van der Waals surface area contributed by atoms with E-state index in [-0.39, 0.29) is 12.1 Å². The second kappa shape index (κ2) is 10.0. The van der Waals surface area contributed by atoms with Crippen molar-refractivity contribution in [1.82, 2.24) is 34.7 Å². The van der Waals surface area contributed by atoms with Gasteiger partial charge in [-0.15, -0.1) is 10.2 Å². The summed E-state index contributed by atoms with van der Waals surface area (Å²) in [4.78, 5) is 9.60. The van der Waals surface area contributed by atoms with Crippen LogP contribution in [0.25, 0.3) is 33.1 Å². The van der Waals surface area contributed by atoms with Crippen LogP contribution < -0.4 is 10.0 Å². The van der Waals surface area contributed by atoms with Crippen LogP contribution in [0.1, 0.15) is 30.7 Å². The predicted molar refractivity (Wildman–Crippen MR) is 141 cm³/mol. The zero-order chi connectivity index (χ0) is 25.3. The lowest BCUT2D eigenvalue weighted by Crippen LogP contribution is -2.39. The second-order valence-corrected chi connectivity index (χ2v) is 12.1. The first kappa shape index (κ1) is 24.5.